The van der Waals surface area contributed by atoms with Crippen LogP contribution < -0.4 is 5.73 Å². The van der Waals surface area contributed by atoms with Gasteiger partial charge in [-0.15, -0.1) is 0 Å². The summed E-state index contributed by atoms with van der Waals surface area (Å²) in [5.74, 6) is -0.804. The number of esters is 2. The van der Waals surface area contributed by atoms with Crippen LogP contribution in [-0.2, 0) is 32.7 Å². The van der Waals surface area contributed by atoms with Crippen LogP contribution in [-0.4, -0.2) is 49.3 Å². The number of phosphoric acid groups is 1. The molecule has 2 atom stereocenters. The maximum Gasteiger partial charge on any atom is 0.472 e. The van der Waals surface area contributed by atoms with Crippen LogP contribution in [0.25, 0.3) is 0 Å². The highest BCUT2D eigenvalue weighted by molar-refractivity contribution is 7.47. The Labute approximate surface area is 390 Å². The maximum absolute atomic E-state index is 12.7. The zero-order valence-corrected chi connectivity index (χ0v) is 42.7. The monoisotopic (exact) mass is 916 g/mol. The number of rotatable bonds is 53. The molecular formula is C53H106NO8P. The Bertz CT molecular complexity index is 1000. The molecule has 0 bridgehead atoms. The Morgan fingerprint density at radius 1 is 0.413 bits per heavy atom. The molecule has 0 aromatic heterocycles. The maximum atomic E-state index is 12.7. The number of hydrogen-bond acceptors (Lipinski definition) is 8. The molecule has 0 aliphatic carbocycles. The molecule has 0 saturated carbocycles. The quantitative estimate of drug-likeness (QED) is 0.0347. The molecule has 63 heavy (non-hydrogen) atoms. The SMILES string of the molecule is CCCCCCCCCCCCCCCCCCCCCCCCCC(=O)OCC(COP(=O)(O)OCCN)OC(=O)CCCCCCCCCCCCCCCCCCCCC. The van der Waals surface area contributed by atoms with Crippen molar-refractivity contribution in [2.75, 3.05) is 26.4 Å². The molecule has 9 nitrogen and oxygen atoms in total. The van der Waals surface area contributed by atoms with Gasteiger partial charge < -0.3 is 20.1 Å². The molecule has 0 aliphatic heterocycles. The predicted molar refractivity (Wildman–Crippen MR) is 266 cm³/mol. The fourth-order valence-corrected chi connectivity index (χ4v) is 9.17. The molecule has 0 aromatic rings. The van der Waals surface area contributed by atoms with Crippen LogP contribution in [0, 0.1) is 0 Å². The van der Waals surface area contributed by atoms with Gasteiger partial charge in [0.1, 0.15) is 6.61 Å². The minimum absolute atomic E-state index is 0.0585. The van der Waals surface area contributed by atoms with Gasteiger partial charge in [0, 0.05) is 19.4 Å². The van der Waals surface area contributed by atoms with Gasteiger partial charge in [-0.1, -0.05) is 271 Å². The van der Waals surface area contributed by atoms with E-state index in [1.165, 1.54) is 231 Å². The molecule has 10 heteroatoms. The minimum atomic E-state index is -4.38. The van der Waals surface area contributed by atoms with Crippen LogP contribution >= 0.6 is 7.82 Å². The van der Waals surface area contributed by atoms with Crippen molar-refractivity contribution in [3.05, 3.63) is 0 Å². The summed E-state index contributed by atoms with van der Waals surface area (Å²) in [6.07, 6.45) is 54.4. The number of carbonyl (C=O) groups excluding carboxylic acids is 2. The second kappa shape index (κ2) is 50.4. The van der Waals surface area contributed by atoms with Crippen LogP contribution in [0.3, 0.4) is 0 Å². The van der Waals surface area contributed by atoms with Gasteiger partial charge in [0.25, 0.3) is 0 Å². The second-order valence-corrected chi connectivity index (χ2v) is 20.3. The van der Waals surface area contributed by atoms with Crippen LogP contribution in [0.5, 0.6) is 0 Å². The fraction of sp³-hybridized carbons (Fsp3) is 0.962. The van der Waals surface area contributed by atoms with E-state index in [2.05, 4.69) is 13.8 Å². The largest absolute Gasteiger partial charge is 0.472 e. The Morgan fingerprint density at radius 3 is 0.968 bits per heavy atom. The molecule has 0 saturated heterocycles. The summed E-state index contributed by atoms with van der Waals surface area (Å²) in [5.41, 5.74) is 5.37. The molecule has 0 heterocycles. The topological polar surface area (TPSA) is 134 Å². The van der Waals surface area contributed by atoms with E-state index in [-0.39, 0.29) is 38.6 Å². The molecule has 0 aliphatic rings. The average Bonchev–Trinajstić information content (AvgIpc) is 3.27. The Morgan fingerprint density at radius 2 is 0.683 bits per heavy atom. The third-order valence-corrected chi connectivity index (χ3v) is 13.5. The lowest BCUT2D eigenvalue weighted by atomic mass is 10.0. The van der Waals surface area contributed by atoms with Gasteiger partial charge in [-0.25, -0.2) is 4.57 Å². The van der Waals surface area contributed by atoms with Gasteiger partial charge in [0.05, 0.1) is 13.2 Å². The van der Waals surface area contributed by atoms with E-state index in [4.69, 9.17) is 24.3 Å². The van der Waals surface area contributed by atoms with E-state index in [9.17, 15) is 19.0 Å². The van der Waals surface area contributed by atoms with Crippen LogP contribution in [0.4, 0.5) is 0 Å². The lowest BCUT2D eigenvalue weighted by Crippen LogP contribution is -2.29. The first-order chi connectivity index (χ1) is 30.8. The van der Waals surface area contributed by atoms with Crippen molar-refractivity contribution in [2.45, 2.75) is 302 Å². The number of hydrogen-bond donors (Lipinski definition) is 2. The normalized spacial score (nSPS) is 13.0. The summed E-state index contributed by atoms with van der Waals surface area (Å²) < 4.78 is 33.0. The summed E-state index contributed by atoms with van der Waals surface area (Å²) in [5, 5.41) is 0. The highest BCUT2D eigenvalue weighted by Gasteiger charge is 2.26. The lowest BCUT2D eigenvalue weighted by Gasteiger charge is -2.19. The van der Waals surface area contributed by atoms with Crippen molar-refractivity contribution in [3.8, 4) is 0 Å². The Hall–Kier alpha value is -0.990. The highest BCUT2D eigenvalue weighted by Crippen LogP contribution is 2.43. The third-order valence-electron chi connectivity index (χ3n) is 12.5. The van der Waals surface area contributed by atoms with Crippen molar-refractivity contribution in [1.29, 1.82) is 0 Å². The standard InChI is InChI=1S/C53H106NO8P/c1-3-5-7-9-11-13-15-17-19-21-23-24-25-26-28-29-31-33-35-37-39-41-43-45-52(55)59-49-51(50-61-63(57,58)60-48-47-54)62-53(56)46-44-42-40-38-36-34-32-30-27-22-20-18-16-14-12-10-8-6-4-2/h51H,3-50,54H2,1-2H3,(H,57,58). The van der Waals surface area contributed by atoms with Crippen LogP contribution in [0.15, 0.2) is 0 Å². The van der Waals surface area contributed by atoms with Crippen molar-refractivity contribution in [1.82, 2.24) is 0 Å². The van der Waals surface area contributed by atoms with Crippen molar-refractivity contribution in [3.63, 3.8) is 0 Å². The van der Waals surface area contributed by atoms with E-state index in [1.54, 1.807) is 0 Å². The van der Waals surface area contributed by atoms with Crippen LogP contribution in [0.2, 0.25) is 0 Å². The summed E-state index contributed by atoms with van der Waals surface area (Å²) in [6.45, 7) is 3.82. The first-order valence-electron chi connectivity index (χ1n) is 27.5. The average molecular weight is 916 g/mol. The molecule has 0 fully saturated rings. The molecule has 0 radical (unpaired) electrons. The highest BCUT2D eigenvalue weighted by atomic mass is 31.2. The van der Waals surface area contributed by atoms with E-state index in [1.807, 2.05) is 0 Å². The lowest BCUT2D eigenvalue weighted by molar-refractivity contribution is -0.161. The fourth-order valence-electron chi connectivity index (χ4n) is 8.40. The minimum Gasteiger partial charge on any atom is -0.462 e. The van der Waals surface area contributed by atoms with Crippen molar-refractivity contribution >= 4 is 19.8 Å². The molecule has 0 rings (SSSR count). The summed E-state index contributed by atoms with van der Waals surface area (Å²) in [6, 6.07) is 0. The predicted octanol–water partition coefficient (Wildman–Crippen LogP) is 16.7. The first-order valence-corrected chi connectivity index (χ1v) is 29.0. The number of nitrogens with two attached hydrogens (primary N) is 1. The zero-order chi connectivity index (χ0) is 46.0. The molecule has 0 amide bonds. The van der Waals surface area contributed by atoms with Gasteiger partial charge in [-0.05, 0) is 12.8 Å². The summed E-state index contributed by atoms with van der Waals surface area (Å²) in [4.78, 5) is 35.1. The Balaban J connectivity index is 3.93. The van der Waals surface area contributed by atoms with Gasteiger partial charge in [0.15, 0.2) is 6.10 Å². The Kier molecular flexibility index (Phi) is 49.6. The number of phosphoric ester groups is 1. The molecule has 3 N–H and O–H groups in total. The van der Waals surface area contributed by atoms with E-state index < -0.39 is 26.5 Å². The molecule has 2 unspecified atom stereocenters. The molecular weight excluding hydrogens is 810 g/mol. The smallest absolute Gasteiger partial charge is 0.462 e. The van der Waals surface area contributed by atoms with Gasteiger partial charge >= 0.3 is 19.8 Å². The van der Waals surface area contributed by atoms with Gasteiger partial charge in [-0.3, -0.25) is 18.6 Å². The molecule has 0 aromatic carbocycles. The summed E-state index contributed by atoms with van der Waals surface area (Å²) in [7, 11) is -4.38. The number of unbranched alkanes of at least 4 members (excludes halogenated alkanes) is 40. The van der Waals surface area contributed by atoms with Crippen molar-refractivity contribution in [2.24, 2.45) is 5.73 Å². The van der Waals surface area contributed by atoms with Crippen molar-refractivity contribution < 1.29 is 37.6 Å². The van der Waals surface area contributed by atoms with E-state index >= 15 is 0 Å². The van der Waals surface area contributed by atoms with Gasteiger partial charge in [0.2, 0.25) is 0 Å². The van der Waals surface area contributed by atoms with Gasteiger partial charge in [-0.2, -0.15) is 0 Å². The van der Waals surface area contributed by atoms with Crippen LogP contribution in [0.1, 0.15) is 296 Å². The summed E-state index contributed by atoms with van der Waals surface area (Å²) >= 11 is 0. The van der Waals surface area contributed by atoms with E-state index in [0.717, 1.165) is 32.1 Å². The zero-order valence-electron chi connectivity index (χ0n) is 41.8. The molecule has 376 valence electrons. The number of ether oxygens (including phenoxy) is 2. The first kappa shape index (κ1) is 62.0. The van der Waals surface area contributed by atoms with E-state index in [0.29, 0.717) is 6.42 Å². The second-order valence-electron chi connectivity index (χ2n) is 18.8. The number of carbonyl (C=O) groups is 2. The molecule has 0 spiro atoms. The third kappa shape index (κ3) is 50.3.